The minimum absolute atomic E-state index is 0.0564. The SMILES string of the molecule is CN=C[C@@H]1C[C@H]1C(=O)Nc1cc2cc(-c3cnccc3CC(C)(C)O)nc(N)c2cn1. The molecule has 160 valence electrons. The summed E-state index contributed by atoms with van der Waals surface area (Å²) in [7, 11) is 1.71. The smallest absolute Gasteiger partial charge is 0.229 e. The first kappa shape index (κ1) is 20.9. The number of nitrogens with zero attached hydrogens (tertiary/aromatic N) is 4. The lowest BCUT2D eigenvalue weighted by molar-refractivity contribution is -0.117. The molecule has 0 bridgehead atoms. The van der Waals surface area contributed by atoms with Crippen molar-refractivity contribution in [3.05, 3.63) is 42.4 Å². The number of amides is 1. The normalized spacial score (nSPS) is 18.5. The van der Waals surface area contributed by atoms with Gasteiger partial charge in [0, 0.05) is 61.1 Å². The first-order chi connectivity index (χ1) is 14.7. The van der Waals surface area contributed by atoms with E-state index in [-0.39, 0.29) is 17.7 Å². The van der Waals surface area contributed by atoms with E-state index in [1.54, 1.807) is 45.6 Å². The fourth-order valence-electron chi connectivity index (χ4n) is 3.75. The maximum absolute atomic E-state index is 12.4. The Hall–Kier alpha value is -3.39. The van der Waals surface area contributed by atoms with E-state index in [0.717, 1.165) is 22.9 Å². The van der Waals surface area contributed by atoms with E-state index in [4.69, 9.17) is 5.73 Å². The number of carbonyl (C=O) groups excluding carboxylic acids is 1. The van der Waals surface area contributed by atoms with Crippen molar-refractivity contribution in [3.8, 4) is 11.3 Å². The first-order valence-electron chi connectivity index (χ1n) is 10.2. The second kappa shape index (κ2) is 8.03. The summed E-state index contributed by atoms with van der Waals surface area (Å²) in [6.45, 7) is 3.52. The van der Waals surface area contributed by atoms with E-state index < -0.39 is 5.60 Å². The Kier molecular flexibility index (Phi) is 5.41. The van der Waals surface area contributed by atoms with E-state index in [0.29, 0.717) is 29.1 Å². The highest BCUT2D eigenvalue weighted by Gasteiger charge is 2.41. The van der Waals surface area contributed by atoms with Crippen molar-refractivity contribution in [1.29, 1.82) is 0 Å². The second-order valence-corrected chi connectivity index (χ2v) is 8.61. The lowest BCUT2D eigenvalue weighted by Crippen LogP contribution is -2.22. The number of fused-ring (bicyclic) bond motifs is 1. The number of pyridine rings is 3. The van der Waals surface area contributed by atoms with Crippen molar-refractivity contribution in [2.75, 3.05) is 18.1 Å². The zero-order valence-corrected chi connectivity index (χ0v) is 17.8. The quantitative estimate of drug-likeness (QED) is 0.528. The number of nitrogen functional groups attached to an aromatic ring is 1. The maximum Gasteiger partial charge on any atom is 0.229 e. The molecule has 0 aliphatic heterocycles. The van der Waals surface area contributed by atoms with E-state index in [9.17, 15) is 9.90 Å². The van der Waals surface area contributed by atoms with Crippen LogP contribution in [-0.2, 0) is 11.2 Å². The minimum atomic E-state index is -0.872. The number of nitrogens with one attached hydrogen (secondary N) is 1. The van der Waals surface area contributed by atoms with Crippen molar-refractivity contribution in [3.63, 3.8) is 0 Å². The van der Waals surface area contributed by atoms with Crippen LogP contribution < -0.4 is 11.1 Å². The van der Waals surface area contributed by atoms with E-state index in [1.165, 1.54) is 0 Å². The molecule has 31 heavy (non-hydrogen) atoms. The largest absolute Gasteiger partial charge is 0.390 e. The molecule has 8 heteroatoms. The maximum atomic E-state index is 12.4. The number of nitrogens with two attached hydrogens (primary N) is 1. The average molecular weight is 419 g/mol. The number of carbonyl (C=O) groups is 1. The van der Waals surface area contributed by atoms with E-state index >= 15 is 0 Å². The number of aromatic nitrogens is 3. The molecule has 1 aliphatic rings. The second-order valence-electron chi connectivity index (χ2n) is 8.61. The van der Waals surface area contributed by atoms with Crippen LogP contribution in [0.2, 0.25) is 0 Å². The molecule has 8 nitrogen and oxygen atoms in total. The zero-order valence-electron chi connectivity index (χ0n) is 17.8. The summed E-state index contributed by atoms with van der Waals surface area (Å²) in [5.74, 6) is 0.905. The number of hydrogen-bond donors (Lipinski definition) is 3. The van der Waals surface area contributed by atoms with Gasteiger partial charge >= 0.3 is 0 Å². The molecule has 0 aromatic carbocycles. The molecule has 1 fully saturated rings. The standard InChI is InChI=1S/C23H26N6O2/c1-23(2,31)9-13-4-5-26-11-17(13)19-7-14-8-20(27-12-18(14)21(24)28-19)29-22(30)16-6-15(16)10-25-3/h4-5,7-8,10-12,15-16,31H,6,9H2,1-3H3,(H2,24,28)(H,27,29,30)/t15-,16+/m0/s1. The Bertz CT molecular complexity index is 1170. The van der Waals surface area contributed by atoms with Crippen LogP contribution in [0.5, 0.6) is 0 Å². The lowest BCUT2D eigenvalue weighted by Gasteiger charge is -2.19. The average Bonchev–Trinajstić information content (AvgIpc) is 3.47. The molecule has 1 saturated carbocycles. The molecule has 3 aromatic rings. The van der Waals surface area contributed by atoms with E-state index in [2.05, 4.69) is 25.3 Å². The van der Waals surface area contributed by atoms with Gasteiger partial charge < -0.3 is 21.1 Å². The monoisotopic (exact) mass is 418 g/mol. The Morgan fingerprint density at radius 2 is 2.19 bits per heavy atom. The first-order valence-corrected chi connectivity index (χ1v) is 10.2. The lowest BCUT2D eigenvalue weighted by atomic mass is 9.94. The predicted octanol–water partition coefficient (Wildman–Crippen LogP) is 2.86. The van der Waals surface area contributed by atoms with Gasteiger partial charge in [-0.1, -0.05) is 0 Å². The molecule has 0 spiro atoms. The molecular formula is C23H26N6O2. The molecule has 4 rings (SSSR count). The van der Waals surface area contributed by atoms with Gasteiger partial charge in [-0.3, -0.25) is 9.78 Å². The number of anilines is 2. The van der Waals surface area contributed by atoms with Crippen molar-refractivity contribution < 1.29 is 9.90 Å². The molecule has 1 amide bonds. The van der Waals surface area contributed by atoms with Crippen LogP contribution in [0, 0.1) is 11.8 Å². The van der Waals surface area contributed by atoms with Crippen LogP contribution in [-0.4, -0.2) is 44.8 Å². The van der Waals surface area contributed by atoms with Crippen LogP contribution >= 0.6 is 0 Å². The van der Waals surface area contributed by atoms with Crippen LogP contribution in [0.3, 0.4) is 0 Å². The van der Waals surface area contributed by atoms with Crippen molar-refractivity contribution in [1.82, 2.24) is 15.0 Å². The van der Waals surface area contributed by atoms with Gasteiger partial charge in [0.2, 0.25) is 5.91 Å². The minimum Gasteiger partial charge on any atom is -0.390 e. The van der Waals surface area contributed by atoms with Crippen molar-refractivity contribution in [2.45, 2.75) is 32.3 Å². The molecule has 0 radical (unpaired) electrons. The predicted molar refractivity (Wildman–Crippen MR) is 122 cm³/mol. The van der Waals surface area contributed by atoms with Crippen LogP contribution in [0.1, 0.15) is 25.8 Å². The van der Waals surface area contributed by atoms with Crippen LogP contribution in [0.15, 0.2) is 41.8 Å². The fraction of sp³-hybridized carbons (Fsp3) is 0.348. The molecule has 2 atom stereocenters. The highest BCUT2D eigenvalue weighted by atomic mass is 16.3. The van der Waals surface area contributed by atoms with Gasteiger partial charge in [-0.25, -0.2) is 9.97 Å². The van der Waals surface area contributed by atoms with Gasteiger partial charge in [-0.05, 0) is 49.4 Å². The van der Waals surface area contributed by atoms with Gasteiger partial charge in [0.25, 0.3) is 0 Å². The Balaban J connectivity index is 1.66. The summed E-state index contributed by atoms with van der Waals surface area (Å²) >= 11 is 0. The van der Waals surface area contributed by atoms with Gasteiger partial charge in [-0.2, -0.15) is 0 Å². The highest BCUT2D eigenvalue weighted by molar-refractivity contribution is 5.99. The molecule has 0 saturated heterocycles. The summed E-state index contributed by atoms with van der Waals surface area (Å²) < 4.78 is 0. The molecular weight excluding hydrogens is 392 g/mol. The van der Waals surface area contributed by atoms with Gasteiger partial charge in [0.1, 0.15) is 11.6 Å². The van der Waals surface area contributed by atoms with E-state index in [1.807, 2.05) is 18.3 Å². The third-order valence-corrected chi connectivity index (χ3v) is 5.32. The summed E-state index contributed by atoms with van der Waals surface area (Å²) in [5, 5.41) is 14.7. The topological polar surface area (TPSA) is 126 Å². The summed E-state index contributed by atoms with van der Waals surface area (Å²) in [4.78, 5) is 29.5. The number of rotatable bonds is 6. The summed E-state index contributed by atoms with van der Waals surface area (Å²) in [6, 6.07) is 5.57. The van der Waals surface area contributed by atoms with Gasteiger partial charge in [-0.15, -0.1) is 0 Å². The van der Waals surface area contributed by atoms with Crippen molar-refractivity contribution >= 4 is 34.5 Å². The third kappa shape index (κ3) is 4.69. The number of aliphatic hydroxyl groups is 1. The molecule has 4 N–H and O–H groups in total. The highest BCUT2D eigenvalue weighted by Crippen LogP contribution is 2.38. The number of aliphatic imine (C=N–C) groups is 1. The summed E-state index contributed by atoms with van der Waals surface area (Å²) in [6.07, 6.45) is 8.11. The van der Waals surface area contributed by atoms with Crippen LogP contribution in [0.4, 0.5) is 11.6 Å². The van der Waals surface area contributed by atoms with Gasteiger partial charge in [0.15, 0.2) is 0 Å². The molecule has 1 aliphatic carbocycles. The Morgan fingerprint density at radius 1 is 1.39 bits per heavy atom. The fourth-order valence-corrected chi connectivity index (χ4v) is 3.75. The molecule has 3 heterocycles. The zero-order chi connectivity index (χ0) is 22.2. The molecule has 0 unspecified atom stereocenters. The number of hydrogen-bond acceptors (Lipinski definition) is 7. The summed E-state index contributed by atoms with van der Waals surface area (Å²) in [5.41, 5.74) is 7.72. The van der Waals surface area contributed by atoms with Gasteiger partial charge in [0.05, 0.1) is 11.3 Å². The van der Waals surface area contributed by atoms with Crippen molar-refractivity contribution in [2.24, 2.45) is 16.8 Å². The third-order valence-electron chi connectivity index (χ3n) is 5.32. The Labute approximate surface area is 180 Å². The Morgan fingerprint density at radius 3 is 2.94 bits per heavy atom. The van der Waals surface area contributed by atoms with Crippen LogP contribution in [0.25, 0.3) is 22.0 Å². The molecule has 3 aromatic heterocycles.